The predicted molar refractivity (Wildman–Crippen MR) is 219 cm³/mol. The number of aliphatic hydroxyl groups is 1. The van der Waals surface area contributed by atoms with Gasteiger partial charge in [0.15, 0.2) is 35.6 Å². The van der Waals surface area contributed by atoms with Crippen LogP contribution in [-0.2, 0) is 80.9 Å². The average molecular weight is 929 g/mol. The summed E-state index contributed by atoms with van der Waals surface area (Å²) in [5.41, 5.74) is -15.3. The molecule has 0 aromatic carbocycles. The summed E-state index contributed by atoms with van der Waals surface area (Å²) in [6, 6.07) is 1.51. The number of rotatable bonds is 11. The molecule has 3 aliphatic heterocycles. The maximum Gasteiger partial charge on any atom is 0.338 e. The fourth-order valence-corrected chi connectivity index (χ4v) is 14.2. The predicted octanol–water partition coefficient (Wildman–Crippen LogP) is 4.87. The van der Waals surface area contributed by atoms with E-state index >= 15 is 4.79 Å². The van der Waals surface area contributed by atoms with Gasteiger partial charge < -0.3 is 56.9 Å². The third-order valence-corrected chi connectivity index (χ3v) is 16.0. The maximum atomic E-state index is 15.2. The quantitative estimate of drug-likeness (QED) is 0.135. The minimum atomic E-state index is -2.62. The van der Waals surface area contributed by atoms with Crippen molar-refractivity contribution in [1.29, 1.82) is 0 Å². The van der Waals surface area contributed by atoms with Crippen LogP contribution in [0.15, 0.2) is 34.3 Å². The number of allylic oxidation sites excluding steroid dienone is 1. The lowest BCUT2D eigenvalue weighted by atomic mass is 9.32. The van der Waals surface area contributed by atoms with Crippen molar-refractivity contribution in [1.82, 2.24) is 0 Å². The van der Waals surface area contributed by atoms with Crippen LogP contribution in [0.2, 0.25) is 0 Å². The fourth-order valence-electron chi connectivity index (χ4n) is 14.2. The molecule has 1 aromatic heterocycles. The number of esters is 7. The van der Waals surface area contributed by atoms with Crippen molar-refractivity contribution in [2.45, 2.75) is 162 Å². The van der Waals surface area contributed by atoms with Crippen LogP contribution in [0.5, 0.6) is 0 Å². The lowest BCUT2D eigenvalue weighted by molar-refractivity contribution is -0.490. The zero-order valence-corrected chi connectivity index (χ0v) is 39.7. The zero-order chi connectivity index (χ0) is 48.9. The molecule has 1 N–H and O–H groups in total. The third-order valence-electron chi connectivity index (χ3n) is 16.0. The highest BCUT2D eigenvalue weighted by Crippen LogP contribution is 2.91. The highest BCUT2D eigenvalue weighted by atomic mass is 16.9. The van der Waals surface area contributed by atoms with Gasteiger partial charge in [0.1, 0.15) is 17.5 Å². The Bertz CT molecular complexity index is 2320. The third kappa shape index (κ3) is 5.44. The highest BCUT2D eigenvalue weighted by molar-refractivity contribution is 5.92. The summed E-state index contributed by atoms with van der Waals surface area (Å²) in [7, 11) is 1.19. The molecule has 7 aliphatic rings. The second-order valence-corrected chi connectivity index (χ2v) is 20.7. The largest absolute Gasteiger partial charge is 0.511 e. The first-order valence-electron chi connectivity index (χ1n) is 22.4. The van der Waals surface area contributed by atoms with Crippen molar-refractivity contribution < 1.29 is 90.5 Å². The Balaban J connectivity index is 1.68. The number of hydrogen-bond donors (Lipinski definition) is 1. The molecule has 4 aliphatic carbocycles. The van der Waals surface area contributed by atoms with Gasteiger partial charge in [-0.25, -0.2) is 4.79 Å². The number of aliphatic hydroxyl groups excluding tert-OH is 1. The molecule has 7 fully saturated rings. The Morgan fingerprint density at radius 1 is 0.788 bits per heavy atom. The van der Waals surface area contributed by atoms with Crippen LogP contribution in [0, 0.1) is 45.8 Å². The Hall–Kier alpha value is -5.01. The molecule has 0 amide bonds. The van der Waals surface area contributed by atoms with Gasteiger partial charge in [-0.05, 0) is 18.4 Å². The molecule has 362 valence electrons. The summed E-state index contributed by atoms with van der Waals surface area (Å²) in [5, 5.41) is 12.5. The van der Waals surface area contributed by atoms with E-state index in [4.69, 9.17) is 51.8 Å². The molecular weight excluding hydrogens is 868 g/mol. The van der Waals surface area contributed by atoms with Gasteiger partial charge in [-0.15, -0.1) is 0 Å². The van der Waals surface area contributed by atoms with E-state index in [1.165, 1.54) is 32.6 Å². The maximum absolute atomic E-state index is 15.2. The Morgan fingerprint density at radius 2 is 1.38 bits per heavy atom. The minimum absolute atomic E-state index is 0.204. The SMILES string of the molecule is COC(=O)C[C@H]1[C@@]2(C)C[C@@]34O[C@]5(C)O[C@]6([C@@H]7/C(=C(/O)C(C)C)C(=O)O[C@@H](c8ccoc8)[C@]7(C)C(OC(=O)C(C)C)C(OC(=O)C(C)C)[C@]6(O5)[C@]13C)[C@H](OC(C)=O)[C@@]4(OC(C)=O)[C@H]2OC(C)=O. The van der Waals surface area contributed by atoms with Crippen LogP contribution >= 0.6 is 0 Å². The van der Waals surface area contributed by atoms with Crippen molar-refractivity contribution in [3.63, 3.8) is 0 Å². The van der Waals surface area contributed by atoms with E-state index in [9.17, 15) is 33.9 Å². The number of hydrogen-bond acceptors (Lipinski definition) is 19. The number of cyclic esters (lactones) is 1. The molecule has 3 saturated heterocycles. The molecule has 19 nitrogen and oxygen atoms in total. The van der Waals surface area contributed by atoms with Gasteiger partial charge in [0.05, 0.1) is 42.5 Å². The molecule has 2 unspecified atom stereocenters. The van der Waals surface area contributed by atoms with Crippen LogP contribution < -0.4 is 0 Å². The van der Waals surface area contributed by atoms with Crippen molar-refractivity contribution in [3.8, 4) is 0 Å². The summed E-state index contributed by atoms with van der Waals surface area (Å²) in [5.74, 6) is -14.5. The monoisotopic (exact) mass is 928 g/mol. The van der Waals surface area contributed by atoms with Gasteiger partial charge in [0.2, 0.25) is 5.60 Å². The normalized spacial score (nSPS) is 44.0. The van der Waals surface area contributed by atoms with Gasteiger partial charge in [-0.3, -0.25) is 28.8 Å². The first-order chi connectivity index (χ1) is 30.6. The van der Waals surface area contributed by atoms with Crippen LogP contribution in [0.3, 0.4) is 0 Å². The van der Waals surface area contributed by atoms with Crippen molar-refractivity contribution in [3.05, 3.63) is 35.5 Å². The summed E-state index contributed by atoms with van der Waals surface area (Å²) in [6.45, 7) is 19.3. The van der Waals surface area contributed by atoms with E-state index in [1.807, 2.05) is 0 Å². The summed E-state index contributed by atoms with van der Waals surface area (Å²) >= 11 is 0. The molecule has 0 radical (unpaired) electrons. The Kier molecular flexibility index (Phi) is 10.6. The molecule has 4 saturated carbocycles. The average Bonchev–Trinajstić information content (AvgIpc) is 3.91. The Morgan fingerprint density at radius 3 is 1.89 bits per heavy atom. The molecular formula is C47H60O19. The molecule has 1 aromatic rings. The zero-order valence-electron chi connectivity index (χ0n) is 39.7. The van der Waals surface area contributed by atoms with Crippen LogP contribution in [0.25, 0.3) is 0 Å². The van der Waals surface area contributed by atoms with Gasteiger partial charge in [-0.1, -0.05) is 62.3 Å². The van der Waals surface area contributed by atoms with E-state index in [-0.39, 0.29) is 12.0 Å². The van der Waals surface area contributed by atoms with Gasteiger partial charge >= 0.3 is 41.8 Å². The van der Waals surface area contributed by atoms with E-state index < -0.39 is 164 Å². The molecule has 4 bridgehead atoms. The second-order valence-electron chi connectivity index (χ2n) is 20.7. The Labute approximate surface area is 381 Å². The standard InChI is InChI=1S/C47H60O19/c1-20(2)30(52)29-31-41(11,32(60-37(29)55)26-15-16-57-18-26)33(61-35(53)21(3)4)34(62-36(54)22(5)6)47-42(12)27(17-28(51)56-14)40(10)19-44(42)46(63-25(9)50,38(40)58-23(7)48)39(59-24(8)49)45(31,47)65-43(13,64-44)66-47/h15-16,18,20-22,27,31-34,38-39,52H,17,19H2,1-14H3/b30-29-/t27-,31+,32-,33?,34?,38-,39-,40+,41+,42+,43+,44+,45+,46-,47-/m0/s1. The minimum Gasteiger partial charge on any atom is -0.511 e. The molecule has 15 atom stereocenters. The van der Waals surface area contributed by atoms with Gasteiger partial charge in [-0.2, -0.15) is 0 Å². The lowest BCUT2D eigenvalue weighted by Crippen LogP contribution is -2.98. The van der Waals surface area contributed by atoms with Crippen LogP contribution in [0.4, 0.5) is 0 Å². The first kappa shape index (κ1) is 47.5. The number of ether oxygens (including phenoxy) is 10. The molecule has 8 rings (SSSR count). The molecule has 4 heterocycles. The molecule has 19 heteroatoms. The molecule has 2 spiro atoms. The smallest absolute Gasteiger partial charge is 0.338 e. The van der Waals surface area contributed by atoms with Crippen molar-refractivity contribution in [2.24, 2.45) is 45.8 Å². The highest BCUT2D eigenvalue weighted by Gasteiger charge is 3.08. The van der Waals surface area contributed by atoms with E-state index in [0.717, 1.165) is 20.8 Å². The number of carbonyl (C=O) groups is 7. The summed E-state index contributed by atoms with van der Waals surface area (Å²) < 4.78 is 72.5. The van der Waals surface area contributed by atoms with Crippen molar-refractivity contribution in [2.75, 3.05) is 7.11 Å². The van der Waals surface area contributed by atoms with Crippen LogP contribution in [0.1, 0.15) is 115 Å². The summed E-state index contributed by atoms with van der Waals surface area (Å²) in [6.07, 6.45) is -6.85. The van der Waals surface area contributed by atoms with Gasteiger partial charge in [0.25, 0.3) is 5.97 Å². The van der Waals surface area contributed by atoms with Gasteiger partial charge in [0, 0.05) is 62.3 Å². The lowest BCUT2D eigenvalue weighted by Gasteiger charge is -2.78. The molecule has 66 heavy (non-hydrogen) atoms. The number of furan rings is 1. The second kappa shape index (κ2) is 14.7. The first-order valence-corrected chi connectivity index (χ1v) is 22.4. The number of carbonyl (C=O) groups excluding carboxylic acids is 7. The summed E-state index contributed by atoms with van der Waals surface area (Å²) in [4.78, 5) is 100. The van der Waals surface area contributed by atoms with E-state index in [0.29, 0.717) is 0 Å². The number of fused-ring (bicyclic) bond motifs is 3. The topological polar surface area (TPSA) is 245 Å². The van der Waals surface area contributed by atoms with Crippen LogP contribution in [-0.4, -0.2) is 107 Å². The van der Waals surface area contributed by atoms with E-state index in [2.05, 4.69) is 0 Å². The van der Waals surface area contributed by atoms with E-state index in [1.54, 1.807) is 62.3 Å². The van der Waals surface area contributed by atoms with Crippen molar-refractivity contribution >= 4 is 41.8 Å². The number of methoxy groups -OCH3 is 1. The fraction of sp³-hybridized carbons (Fsp3) is 0.723.